The Morgan fingerprint density at radius 1 is 1.36 bits per heavy atom. The van der Waals surface area contributed by atoms with Crippen molar-refractivity contribution < 1.29 is 9.66 Å². The molecule has 0 fully saturated rings. The molecule has 1 N–H and O–H groups in total. The maximum absolute atomic E-state index is 10.5. The Kier molecular flexibility index (Phi) is 5.42. The molecule has 0 aliphatic carbocycles. The van der Waals surface area contributed by atoms with Crippen LogP contribution in [0, 0.1) is 10.1 Å². The molecule has 2 rings (SSSR count). The molecule has 0 saturated carbocycles. The lowest BCUT2D eigenvalue weighted by molar-refractivity contribution is -0.385. The molecule has 116 valence electrons. The fourth-order valence-corrected chi connectivity index (χ4v) is 1.96. The Morgan fingerprint density at radius 3 is 2.82 bits per heavy atom. The van der Waals surface area contributed by atoms with Gasteiger partial charge in [0.25, 0.3) is 5.69 Å². The van der Waals surface area contributed by atoms with E-state index < -0.39 is 4.92 Å². The van der Waals surface area contributed by atoms with E-state index >= 15 is 0 Å². The topological polar surface area (TPSA) is 103 Å². The van der Waals surface area contributed by atoms with Gasteiger partial charge in [-0.2, -0.15) is 0 Å². The first-order valence-electron chi connectivity index (χ1n) is 6.58. The number of halogens is 1. The number of aromatic nitrogens is 3. The van der Waals surface area contributed by atoms with Crippen LogP contribution in [-0.2, 0) is 6.42 Å². The minimum Gasteiger partial charge on any atom is -0.476 e. The molecule has 8 nitrogen and oxygen atoms in total. The average Bonchev–Trinajstić information content (AvgIpc) is 2.53. The fourth-order valence-electron chi connectivity index (χ4n) is 1.67. The van der Waals surface area contributed by atoms with Gasteiger partial charge in [0.1, 0.15) is 30.0 Å². The number of rotatable bonds is 7. The van der Waals surface area contributed by atoms with E-state index in [2.05, 4.69) is 20.3 Å². The number of pyridine rings is 1. The number of anilines is 1. The van der Waals surface area contributed by atoms with E-state index in [4.69, 9.17) is 16.3 Å². The van der Waals surface area contributed by atoms with Crippen molar-refractivity contribution in [1.82, 2.24) is 15.0 Å². The first-order valence-corrected chi connectivity index (χ1v) is 6.96. The summed E-state index contributed by atoms with van der Waals surface area (Å²) in [6.45, 7) is 2.73. The van der Waals surface area contributed by atoms with E-state index in [0.29, 0.717) is 29.9 Å². The molecular formula is C13H14ClN5O3. The molecule has 0 spiro atoms. The molecule has 9 heteroatoms. The fraction of sp³-hybridized carbons (Fsp3) is 0.308. The average molecular weight is 324 g/mol. The van der Waals surface area contributed by atoms with Gasteiger partial charge in [-0.25, -0.2) is 15.0 Å². The maximum atomic E-state index is 10.5. The summed E-state index contributed by atoms with van der Waals surface area (Å²) in [5.41, 5.74) is 0.697. The summed E-state index contributed by atoms with van der Waals surface area (Å²) in [4.78, 5) is 22.0. The van der Waals surface area contributed by atoms with Gasteiger partial charge in [0.15, 0.2) is 0 Å². The normalized spacial score (nSPS) is 10.3. The summed E-state index contributed by atoms with van der Waals surface area (Å²) in [5.74, 6) is 0.865. The molecule has 0 aliphatic rings. The molecule has 0 bridgehead atoms. The van der Waals surface area contributed by atoms with Crippen molar-refractivity contribution in [2.45, 2.75) is 13.3 Å². The van der Waals surface area contributed by atoms with Gasteiger partial charge in [-0.15, -0.1) is 0 Å². The summed E-state index contributed by atoms with van der Waals surface area (Å²) in [6, 6.07) is 2.79. The van der Waals surface area contributed by atoms with E-state index in [1.165, 1.54) is 18.5 Å². The molecular weight excluding hydrogens is 310 g/mol. The molecule has 0 amide bonds. The Bertz CT molecular complexity index is 651. The Morgan fingerprint density at radius 2 is 2.18 bits per heavy atom. The quantitative estimate of drug-likeness (QED) is 0.474. The van der Waals surface area contributed by atoms with Crippen molar-refractivity contribution in [3.63, 3.8) is 0 Å². The van der Waals surface area contributed by atoms with Crippen molar-refractivity contribution in [3.8, 4) is 5.88 Å². The van der Waals surface area contributed by atoms with Gasteiger partial charge in [0.05, 0.1) is 17.2 Å². The van der Waals surface area contributed by atoms with Gasteiger partial charge >= 0.3 is 0 Å². The first-order chi connectivity index (χ1) is 10.6. The molecule has 2 aromatic heterocycles. The number of hydrogen-bond donors (Lipinski definition) is 1. The molecule has 2 aromatic rings. The van der Waals surface area contributed by atoms with Crippen LogP contribution < -0.4 is 10.1 Å². The molecule has 0 radical (unpaired) electrons. The second kappa shape index (κ2) is 7.51. The molecule has 2 heterocycles. The highest BCUT2D eigenvalue weighted by Gasteiger charge is 2.08. The predicted molar refractivity (Wildman–Crippen MR) is 81.3 cm³/mol. The lowest BCUT2D eigenvalue weighted by Crippen LogP contribution is -2.13. The Balaban J connectivity index is 1.83. The standard InChI is InChI=1S/C13H14ClN5O3/c1-2-10-12(14)13(18-8-17-10)15-5-6-22-11-4-3-9(7-16-11)19(20)21/h3-4,7-8H,2,5-6H2,1H3,(H,15,17,18). The van der Waals surface area contributed by atoms with Crippen molar-refractivity contribution in [1.29, 1.82) is 0 Å². The number of aryl methyl sites for hydroxylation is 1. The van der Waals surface area contributed by atoms with Crippen LogP contribution in [0.4, 0.5) is 11.5 Å². The molecule has 0 aliphatic heterocycles. The van der Waals surface area contributed by atoms with Gasteiger partial charge in [0, 0.05) is 12.1 Å². The number of nitro groups is 1. The molecule has 0 atom stereocenters. The summed E-state index contributed by atoms with van der Waals surface area (Å²) in [7, 11) is 0. The van der Waals surface area contributed by atoms with Crippen LogP contribution in [0.15, 0.2) is 24.7 Å². The second-order valence-corrected chi connectivity index (χ2v) is 4.60. The summed E-state index contributed by atoms with van der Waals surface area (Å²) < 4.78 is 5.38. The van der Waals surface area contributed by atoms with Crippen LogP contribution in [0.2, 0.25) is 5.02 Å². The van der Waals surface area contributed by atoms with Crippen LogP contribution in [0.1, 0.15) is 12.6 Å². The van der Waals surface area contributed by atoms with E-state index in [-0.39, 0.29) is 5.69 Å². The van der Waals surface area contributed by atoms with Crippen LogP contribution in [0.25, 0.3) is 0 Å². The predicted octanol–water partition coefficient (Wildman–Crippen LogP) is 2.49. The van der Waals surface area contributed by atoms with Crippen molar-refractivity contribution in [2.75, 3.05) is 18.5 Å². The third-order valence-electron chi connectivity index (χ3n) is 2.77. The molecule has 0 aromatic carbocycles. The zero-order valence-electron chi connectivity index (χ0n) is 11.8. The highest BCUT2D eigenvalue weighted by molar-refractivity contribution is 6.33. The van der Waals surface area contributed by atoms with Crippen LogP contribution >= 0.6 is 11.6 Å². The van der Waals surface area contributed by atoms with Crippen molar-refractivity contribution in [3.05, 3.63) is 45.5 Å². The number of nitrogens with one attached hydrogen (secondary N) is 1. The van der Waals surface area contributed by atoms with Gasteiger partial charge in [-0.3, -0.25) is 10.1 Å². The second-order valence-electron chi connectivity index (χ2n) is 4.22. The molecule has 22 heavy (non-hydrogen) atoms. The van der Waals surface area contributed by atoms with Crippen LogP contribution in [0.5, 0.6) is 5.88 Å². The van der Waals surface area contributed by atoms with E-state index in [9.17, 15) is 10.1 Å². The SMILES string of the molecule is CCc1ncnc(NCCOc2ccc([N+](=O)[O-])cn2)c1Cl. The lowest BCUT2D eigenvalue weighted by atomic mass is 10.3. The molecule has 0 saturated heterocycles. The highest BCUT2D eigenvalue weighted by Crippen LogP contribution is 2.21. The summed E-state index contributed by atoms with van der Waals surface area (Å²) >= 11 is 6.15. The van der Waals surface area contributed by atoms with Gasteiger partial charge < -0.3 is 10.1 Å². The van der Waals surface area contributed by atoms with E-state index in [0.717, 1.165) is 18.3 Å². The lowest BCUT2D eigenvalue weighted by Gasteiger charge is -2.09. The van der Waals surface area contributed by atoms with E-state index in [1.54, 1.807) is 0 Å². The zero-order chi connectivity index (χ0) is 15.9. The number of ether oxygens (including phenoxy) is 1. The molecule has 0 unspecified atom stereocenters. The first kappa shape index (κ1) is 15.9. The summed E-state index contributed by atoms with van der Waals surface area (Å²) in [5, 5.41) is 14.0. The Hall–Kier alpha value is -2.48. The highest BCUT2D eigenvalue weighted by atomic mass is 35.5. The van der Waals surface area contributed by atoms with Gasteiger partial charge in [-0.1, -0.05) is 18.5 Å². The van der Waals surface area contributed by atoms with Crippen LogP contribution in [0.3, 0.4) is 0 Å². The van der Waals surface area contributed by atoms with Crippen molar-refractivity contribution in [2.24, 2.45) is 0 Å². The number of hydrogen-bond acceptors (Lipinski definition) is 7. The monoisotopic (exact) mass is 323 g/mol. The summed E-state index contributed by atoms with van der Waals surface area (Å²) in [6.07, 6.45) is 3.32. The largest absolute Gasteiger partial charge is 0.476 e. The van der Waals surface area contributed by atoms with E-state index in [1.807, 2.05) is 6.92 Å². The third-order valence-corrected chi connectivity index (χ3v) is 3.17. The third kappa shape index (κ3) is 4.01. The smallest absolute Gasteiger partial charge is 0.287 e. The van der Waals surface area contributed by atoms with Gasteiger partial charge in [0.2, 0.25) is 5.88 Å². The minimum absolute atomic E-state index is 0.0784. The Labute approximate surface area is 131 Å². The maximum Gasteiger partial charge on any atom is 0.287 e. The van der Waals surface area contributed by atoms with Crippen molar-refractivity contribution >= 4 is 23.1 Å². The van der Waals surface area contributed by atoms with Gasteiger partial charge in [-0.05, 0) is 6.42 Å². The zero-order valence-corrected chi connectivity index (χ0v) is 12.6. The van der Waals surface area contributed by atoms with Crippen LogP contribution in [-0.4, -0.2) is 33.0 Å². The minimum atomic E-state index is -0.513. The number of nitrogens with zero attached hydrogens (tertiary/aromatic N) is 4.